The average Bonchev–Trinajstić information content (AvgIpc) is 2.49. The lowest BCUT2D eigenvalue weighted by atomic mass is 10.3. The van der Waals surface area contributed by atoms with Crippen LogP contribution in [0.2, 0.25) is 0 Å². The standard InChI is InChI=1S/C12H9IN6/c13-8-4-5-10(15-7-8)12-18-16-11(17-19-12)9-3-1-2-6-14-9/h1-7H,(H,16,17)(H,18,19)/i13-2. The second kappa shape index (κ2) is 5.31. The molecule has 0 atom stereocenters. The molecular formula is C12H9IN6. The van der Waals surface area contributed by atoms with E-state index in [0.717, 1.165) is 15.0 Å². The van der Waals surface area contributed by atoms with E-state index in [-0.39, 0.29) is 0 Å². The quantitative estimate of drug-likeness (QED) is 0.790. The van der Waals surface area contributed by atoms with E-state index in [2.05, 4.69) is 53.6 Å². The number of pyridine rings is 2. The summed E-state index contributed by atoms with van der Waals surface area (Å²) in [5.74, 6) is 1.16. The van der Waals surface area contributed by atoms with Gasteiger partial charge < -0.3 is 0 Å². The summed E-state index contributed by atoms with van der Waals surface area (Å²) in [5, 5.41) is 8.41. The molecule has 0 saturated heterocycles. The number of aromatic nitrogens is 2. The minimum Gasteiger partial charge on any atom is -0.256 e. The predicted octanol–water partition coefficient (Wildman–Crippen LogP) is 1.30. The van der Waals surface area contributed by atoms with Crippen molar-refractivity contribution in [3.05, 3.63) is 57.7 Å². The normalized spacial score (nSPS) is 13.9. The zero-order valence-electron chi connectivity index (χ0n) is 9.71. The van der Waals surface area contributed by atoms with Gasteiger partial charge in [0, 0.05) is 16.0 Å². The van der Waals surface area contributed by atoms with Crippen LogP contribution in [0.3, 0.4) is 0 Å². The Bertz CT molecular complexity index is 635. The van der Waals surface area contributed by atoms with E-state index in [1.54, 1.807) is 12.4 Å². The maximum absolute atomic E-state index is 4.27. The summed E-state index contributed by atoms with van der Waals surface area (Å²) in [7, 11) is 0. The van der Waals surface area contributed by atoms with Crippen molar-refractivity contribution in [1.29, 1.82) is 0 Å². The van der Waals surface area contributed by atoms with Gasteiger partial charge in [-0.25, -0.2) is 0 Å². The van der Waals surface area contributed by atoms with Crippen LogP contribution in [0.25, 0.3) is 0 Å². The molecule has 7 heteroatoms. The summed E-state index contributed by atoms with van der Waals surface area (Å²) in [6, 6.07) is 9.45. The van der Waals surface area contributed by atoms with E-state index in [4.69, 9.17) is 0 Å². The van der Waals surface area contributed by atoms with Crippen LogP contribution in [-0.4, -0.2) is 21.6 Å². The fraction of sp³-hybridized carbons (Fsp3) is 0. The van der Waals surface area contributed by atoms with Crippen molar-refractivity contribution in [3.8, 4) is 0 Å². The van der Waals surface area contributed by atoms with Crippen LogP contribution in [-0.2, 0) is 0 Å². The molecule has 1 aliphatic heterocycles. The lowest BCUT2D eigenvalue weighted by Crippen LogP contribution is -2.35. The number of halogens is 1. The first-order valence-electron chi connectivity index (χ1n) is 5.54. The van der Waals surface area contributed by atoms with E-state index in [1.807, 2.05) is 30.3 Å². The second-order valence-corrected chi connectivity index (χ2v) is 4.97. The lowest BCUT2D eigenvalue weighted by Gasteiger charge is -2.13. The van der Waals surface area contributed by atoms with Crippen LogP contribution >= 0.6 is 22.6 Å². The highest BCUT2D eigenvalue weighted by Crippen LogP contribution is 2.05. The summed E-state index contributed by atoms with van der Waals surface area (Å²) in [5.41, 5.74) is 7.21. The molecule has 0 unspecified atom stereocenters. The van der Waals surface area contributed by atoms with Gasteiger partial charge in [-0.15, -0.1) is 0 Å². The molecule has 0 amide bonds. The van der Waals surface area contributed by atoms with Crippen molar-refractivity contribution in [3.63, 3.8) is 0 Å². The Morgan fingerprint density at radius 2 is 1.58 bits per heavy atom. The van der Waals surface area contributed by atoms with Gasteiger partial charge >= 0.3 is 0 Å². The molecule has 3 rings (SSSR count). The number of hydrogen-bond acceptors (Lipinski definition) is 6. The first kappa shape index (κ1) is 12.0. The zero-order chi connectivity index (χ0) is 13.1. The minimum atomic E-state index is 0.579. The fourth-order valence-electron chi connectivity index (χ4n) is 1.52. The zero-order valence-corrected chi connectivity index (χ0v) is 11.9. The topological polar surface area (TPSA) is 74.6 Å². The van der Waals surface area contributed by atoms with Gasteiger partial charge in [-0.2, -0.15) is 10.2 Å². The molecule has 1 aliphatic rings. The van der Waals surface area contributed by atoms with E-state index >= 15 is 0 Å². The van der Waals surface area contributed by atoms with Crippen molar-refractivity contribution in [2.45, 2.75) is 0 Å². The highest BCUT2D eigenvalue weighted by Gasteiger charge is 2.12. The van der Waals surface area contributed by atoms with E-state index in [0.29, 0.717) is 11.7 Å². The highest BCUT2D eigenvalue weighted by atomic mass is 125. The molecule has 94 valence electrons. The molecule has 3 heterocycles. The molecule has 2 aromatic heterocycles. The lowest BCUT2D eigenvalue weighted by molar-refractivity contribution is 0.872. The van der Waals surface area contributed by atoms with Crippen molar-refractivity contribution in [2.24, 2.45) is 10.2 Å². The number of rotatable bonds is 2. The van der Waals surface area contributed by atoms with Gasteiger partial charge in [-0.1, -0.05) is 6.07 Å². The Morgan fingerprint density at radius 1 is 0.842 bits per heavy atom. The van der Waals surface area contributed by atoms with Gasteiger partial charge in [0.25, 0.3) is 0 Å². The van der Waals surface area contributed by atoms with Crippen LogP contribution < -0.4 is 10.9 Å². The average molecular weight is 362 g/mol. The highest BCUT2D eigenvalue weighted by molar-refractivity contribution is 14.1. The number of nitrogens with zero attached hydrogens (tertiary/aromatic N) is 4. The van der Waals surface area contributed by atoms with Crippen molar-refractivity contribution in [2.75, 3.05) is 0 Å². The maximum Gasteiger partial charge on any atom is 0.192 e. The third-order valence-electron chi connectivity index (χ3n) is 2.42. The summed E-state index contributed by atoms with van der Waals surface area (Å²) in [6.45, 7) is 0. The van der Waals surface area contributed by atoms with Crippen LogP contribution in [0.4, 0.5) is 0 Å². The number of amidine groups is 2. The summed E-state index contributed by atoms with van der Waals surface area (Å²) >= 11 is 2.20. The molecule has 2 N–H and O–H groups in total. The monoisotopic (exact) mass is 362 g/mol. The molecule has 0 saturated carbocycles. The maximum atomic E-state index is 4.27. The molecule has 0 fully saturated rings. The first-order chi connectivity index (χ1) is 9.33. The van der Waals surface area contributed by atoms with E-state index in [9.17, 15) is 0 Å². The van der Waals surface area contributed by atoms with Gasteiger partial charge in [-0.05, 0) is 46.9 Å². The fourth-order valence-corrected chi connectivity index (χ4v) is 1.83. The number of hydrazone groups is 2. The van der Waals surface area contributed by atoms with Crippen molar-refractivity contribution >= 4 is 34.3 Å². The second-order valence-electron chi connectivity index (χ2n) is 3.72. The SMILES string of the molecule is [125I]c1ccc(C2=NNC(c3ccccn3)=NN2)nc1. The van der Waals surface area contributed by atoms with Crippen molar-refractivity contribution in [1.82, 2.24) is 20.8 Å². The minimum absolute atomic E-state index is 0.579. The Kier molecular flexibility index (Phi) is 3.36. The third-order valence-corrected chi connectivity index (χ3v) is 3.06. The van der Waals surface area contributed by atoms with E-state index < -0.39 is 0 Å². The first-order valence-corrected chi connectivity index (χ1v) is 6.61. The summed E-state index contributed by atoms with van der Waals surface area (Å²) in [6.07, 6.45) is 3.48. The molecule has 0 radical (unpaired) electrons. The van der Waals surface area contributed by atoms with Crippen molar-refractivity contribution < 1.29 is 0 Å². The van der Waals surface area contributed by atoms with Crippen LogP contribution in [0.15, 0.2) is 52.9 Å². The van der Waals surface area contributed by atoms with Crippen LogP contribution in [0, 0.1) is 3.57 Å². The molecule has 19 heavy (non-hydrogen) atoms. The molecule has 0 aromatic carbocycles. The number of nitrogens with one attached hydrogen (secondary N) is 2. The molecule has 0 spiro atoms. The Labute approximate surface area is 123 Å². The molecule has 6 nitrogen and oxygen atoms in total. The molecule has 0 aliphatic carbocycles. The van der Waals surface area contributed by atoms with Gasteiger partial charge in [0.1, 0.15) is 11.4 Å². The van der Waals surface area contributed by atoms with Crippen LogP contribution in [0.5, 0.6) is 0 Å². The Morgan fingerprint density at radius 3 is 2.11 bits per heavy atom. The Hall–Kier alpha value is -2.03. The summed E-state index contributed by atoms with van der Waals surface area (Å²) < 4.78 is 1.07. The molecular weight excluding hydrogens is 353 g/mol. The molecule has 0 bridgehead atoms. The van der Waals surface area contributed by atoms with Gasteiger partial charge in [-0.3, -0.25) is 20.8 Å². The Balaban J connectivity index is 1.78. The third kappa shape index (κ3) is 2.70. The van der Waals surface area contributed by atoms with Gasteiger partial charge in [0.15, 0.2) is 11.7 Å². The smallest absolute Gasteiger partial charge is 0.192 e. The summed E-state index contributed by atoms with van der Waals surface area (Å²) in [4.78, 5) is 8.47. The number of hydrogen-bond donors (Lipinski definition) is 2. The molecule has 2 aromatic rings. The van der Waals surface area contributed by atoms with Gasteiger partial charge in [0.2, 0.25) is 0 Å². The van der Waals surface area contributed by atoms with E-state index in [1.165, 1.54) is 0 Å². The predicted molar refractivity (Wildman–Crippen MR) is 80.5 cm³/mol. The largest absolute Gasteiger partial charge is 0.256 e. The van der Waals surface area contributed by atoms with Gasteiger partial charge in [0.05, 0.1) is 0 Å². The van der Waals surface area contributed by atoms with Crippen LogP contribution in [0.1, 0.15) is 11.4 Å².